The molecule has 1 atom stereocenters. The van der Waals surface area contributed by atoms with Crippen molar-refractivity contribution in [1.82, 2.24) is 5.32 Å². The minimum atomic E-state index is -2.95. The Bertz CT molecular complexity index is 359. The lowest BCUT2D eigenvalue weighted by atomic mass is 9.78. The molecule has 0 spiro atoms. The largest absolute Gasteiger partial charge is 0.389 e. The van der Waals surface area contributed by atoms with Gasteiger partial charge in [-0.15, -0.1) is 0 Å². The summed E-state index contributed by atoms with van der Waals surface area (Å²) in [7, 11) is -2.95. The normalized spacial score (nSPS) is 30.2. The van der Waals surface area contributed by atoms with Gasteiger partial charge in [-0.25, -0.2) is 8.42 Å². The maximum atomic E-state index is 11.5. The molecule has 0 aromatic heterocycles. The van der Waals surface area contributed by atoms with Crippen molar-refractivity contribution in [1.29, 1.82) is 0 Å². The second-order valence-corrected chi connectivity index (χ2v) is 8.45. The minimum Gasteiger partial charge on any atom is -0.389 e. The molecule has 1 rings (SSSR count). The SMILES string of the molecule is CCC1CCC(O)(CNC(C)CS(=O)(=O)CC)CC1. The third kappa shape index (κ3) is 5.79. The molecule has 5 heteroatoms. The van der Waals surface area contributed by atoms with Gasteiger partial charge in [-0.2, -0.15) is 0 Å². The summed E-state index contributed by atoms with van der Waals surface area (Å²) in [6.45, 7) is 6.24. The van der Waals surface area contributed by atoms with Crippen LogP contribution in [0.1, 0.15) is 52.9 Å². The number of nitrogens with one attached hydrogen (secondary N) is 1. The van der Waals surface area contributed by atoms with Gasteiger partial charge < -0.3 is 10.4 Å². The van der Waals surface area contributed by atoms with E-state index in [-0.39, 0.29) is 17.5 Å². The van der Waals surface area contributed by atoms with E-state index in [4.69, 9.17) is 0 Å². The molecule has 114 valence electrons. The molecule has 0 saturated heterocycles. The average Bonchev–Trinajstić information content (AvgIpc) is 2.37. The Morgan fingerprint density at radius 1 is 1.32 bits per heavy atom. The Morgan fingerprint density at radius 3 is 2.37 bits per heavy atom. The van der Waals surface area contributed by atoms with Gasteiger partial charge in [0.25, 0.3) is 0 Å². The zero-order valence-electron chi connectivity index (χ0n) is 12.5. The van der Waals surface area contributed by atoms with Crippen LogP contribution < -0.4 is 5.32 Å². The van der Waals surface area contributed by atoms with Gasteiger partial charge in [0.15, 0.2) is 9.84 Å². The molecule has 0 amide bonds. The number of sulfone groups is 1. The van der Waals surface area contributed by atoms with E-state index in [1.165, 1.54) is 6.42 Å². The summed E-state index contributed by atoms with van der Waals surface area (Å²) in [6, 6.07) is -0.0992. The molecule has 0 heterocycles. The van der Waals surface area contributed by atoms with Gasteiger partial charge >= 0.3 is 0 Å². The highest BCUT2D eigenvalue weighted by Crippen LogP contribution is 2.33. The van der Waals surface area contributed by atoms with Gasteiger partial charge in [0.05, 0.1) is 11.4 Å². The summed E-state index contributed by atoms with van der Waals surface area (Å²) < 4.78 is 23.0. The molecule has 19 heavy (non-hydrogen) atoms. The maximum absolute atomic E-state index is 11.5. The number of aliphatic hydroxyl groups is 1. The lowest BCUT2D eigenvalue weighted by Crippen LogP contribution is -2.47. The molecule has 1 aliphatic carbocycles. The molecular weight excluding hydrogens is 262 g/mol. The van der Waals surface area contributed by atoms with Crippen LogP contribution in [0.3, 0.4) is 0 Å². The molecule has 1 saturated carbocycles. The van der Waals surface area contributed by atoms with Crippen LogP contribution in [0.4, 0.5) is 0 Å². The van der Waals surface area contributed by atoms with Gasteiger partial charge in [-0.05, 0) is 38.5 Å². The quantitative estimate of drug-likeness (QED) is 0.750. The summed E-state index contributed by atoms with van der Waals surface area (Å²) in [5.41, 5.74) is -0.643. The smallest absolute Gasteiger partial charge is 0.151 e. The fourth-order valence-electron chi connectivity index (χ4n) is 2.72. The number of hydrogen-bond acceptors (Lipinski definition) is 4. The molecule has 0 bridgehead atoms. The van der Waals surface area contributed by atoms with E-state index in [0.717, 1.165) is 31.6 Å². The lowest BCUT2D eigenvalue weighted by molar-refractivity contribution is -0.00985. The molecule has 0 aromatic carbocycles. The van der Waals surface area contributed by atoms with Crippen molar-refractivity contribution in [2.24, 2.45) is 5.92 Å². The van der Waals surface area contributed by atoms with Crippen LogP contribution >= 0.6 is 0 Å². The topological polar surface area (TPSA) is 66.4 Å². The van der Waals surface area contributed by atoms with E-state index in [1.54, 1.807) is 6.92 Å². The average molecular weight is 291 g/mol. The summed E-state index contributed by atoms with van der Waals surface area (Å²) in [6.07, 6.45) is 5.00. The Kier molecular flexibility index (Phi) is 6.27. The maximum Gasteiger partial charge on any atom is 0.151 e. The van der Waals surface area contributed by atoms with Crippen LogP contribution in [0.2, 0.25) is 0 Å². The molecule has 0 aliphatic heterocycles. The van der Waals surface area contributed by atoms with Crippen molar-refractivity contribution < 1.29 is 13.5 Å². The van der Waals surface area contributed by atoms with Crippen molar-refractivity contribution in [3.8, 4) is 0 Å². The Hall–Kier alpha value is -0.130. The van der Waals surface area contributed by atoms with E-state index in [2.05, 4.69) is 12.2 Å². The van der Waals surface area contributed by atoms with Gasteiger partial charge in [-0.1, -0.05) is 20.3 Å². The predicted molar refractivity (Wildman–Crippen MR) is 79.0 cm³/mol. The fraction of sp³-hybridized carbons (Fsp3) is 1.00. The van der Waals surface area contributed by atoms with Crippen LogP contribution in [-0.2, 0) is 9.84 Å². The summed E-state index contributed by atoms with van der Waals surface area (Å²) in [5.74, 6) is 1.08. The van der Waals surface area contributed by atoms with Gasteiger partial charge in [0.1, 0.15) is 0 Å². The van der Waals surface area contributed by atoms with Crippen molar-refractivity contribution >= 4 is 9.84 Å². The number of hydrogen-bond donors (Lipinski definition) is 2. The van der Waals surface area contributed by atoms with E-state index in [0.29, 0.717) is 6.54 Å². The van der Waals surface area contributed by atoms with Crippen molar-refractivity contribution in [3.63, 3.8) is 0 Å². The zero-order chi connectivity index (χ0) is 14.5. The van der Waals surface area contributed by atoms with Crippen LogP contribution in [0.5, 0.6) is 0 Å². The molecule has 1 fully saturated rings. The van der Waals surface area contributed by atoms with Crippen LogP contribution in [0.15, 0.2) is 0 Å². The zero-order valence-corrected chi connectivity index (χ0v) is 13.3. The van der Waals surface area contributed by atoms with Gasteiger partial charge in [0.2, 0.25) is 0 Å². The third-order valence-corrected chi connectivity index (χ3v) is 6.22. The van der Waals surface area contributed by atoms with E-state index in [9.17, 15) is 13.5 Å². The lowest BCUT2D eigenvalue weighted by Gasteiger charge is -2.36. The predicted octanol–water partition coefficient (Wildman–Crippen LogP) is 1.73. The number of rotatable bonds is 7. The first-order valence-electron chi connectivity index (χ1n) is 7.46. The van der Waals surface area contributed by atoms with Crippen molar-refractivity contribution in [2.75, 3.05) is 18.1 Å². The second kappa shape index (κ2) is 7.04. The first kappa shape index (κ1) is 16.9. The molecule has 0 aromatic rings. The first-order valence-corrected chi connectivity index (χ1v) is 9.28. The van der Waals surface area contributed by atoms with Gasteiger partial charge in [-0.3, -0.25) is 0 Å². The first-order chi connectivity index (χ1) is 8.80. The molecule has 1 unspecified atom stereocenters. The van der Waals surface area contributed by atoms with Crippen LogP contribution in [0.25, 0.3) is 0 Å². The minimum absolute atomic E-state index is 0.0992. The molecule has 4 nitrogen and oxygen atoms in total. The summed E-state index contributed by atoms with van der Waals surface area (Å²) in [4.78, 5) is 0. The second-order valence-electron chi connectivity index (χ2n) is 6.06. The van der Waals surface area contributed by atoms with E-state index >= 15 is 0 Å². The fourth-order valence-corrected chi connectivity index (χ4v) is 3.84. The van der Waals surface area contributed by atoms with E-state index < -0.39 is 15.4 Å². The molecular formula is C14H29NO3S. The summed E-state index contributed by atoms with van der Waals surface area (Å²) >= 11 is 0. The van der Waals surface area contributed by atoms with Crippen molar-refractivity contribution in [2.45, 2.75) is 64.5 Å². The Balaban J connectivity index is 2.36. The standard InChI is InChI=1S/C14H29NO3S/c1-4-13-6-8-14(16,9-7-13)11-15-12(3)10-19(17,18)5-2/h12-13,15-16H,4-11H2,1-3H3. The van der Waals surface area contributed by atoms with Crippen LogP contribution in [-0.4, -0.2) is 43.2 Å². The van der Waals surface area contributed by atoms with Crippen LogP contribution in [0, 0.1) is 5.92 Å². The molecule has 2 N–H and O–H groups in total. The van der Waals surface area contributed by atoms with Gasteiger partial charge in [0, 0.05) is 18.3 Å². The van der Waals surface area contributed by atoms with E-state index in [1.807, 2.05) is 6.92 Å². The highest BCUT2D eigenvalue weighted by Gasteiger charge is 2.32. The van der Waals surface area contributed by atoms with Crippen molar-refractivity contribution in [3.05, 3.63) is 0 Å². The Morgan fingerprint density at radius 2 is 1.89 bits per heavy atom. The highest BCUT2D eigenvalue weighted by atomic mass is 32.2. The monoisotopic (exact) mass is 291 g/mol. The third-order valence-electron chi connectivity index (χ3n) is 4.34. The molecule has 0 radical (unpaired) electrons. The highest BCUT2D eigenvalue weighted by molar-refractivity contribution is 7.91. The summed E-state index contributed by atoms with van der Waals surface area (Å²) in [5, 5.41) is 13.7. The molecule has 1 aliphatic rings. The Labute approximate surface area is 117 Å².